The first kappa shape index (κ1) is 25.8. The van der Waals surface area contributed by atoms with Crippen LogP contribution in [0.3, 0.4) is 0 Å². The first-order valence-corrected chi connectivity index (χ1v) is 12.2. The number of anilines is 1. The molecule has 1 aromatic heterocycles. The highest BCUT2D eigenvalue weighted by Gasteiger charge is 2.33. The van der Waals surface area contributed by atoms with E-state index in [1.54, 1.807) is 73.9 Å². The van der Waals surface area contributed by atoms with E-state index in [0.29, 0.717) is 34.3 Å². The molecule has 9 heteroatoms. The first-order valence-electron chi connectivity index (χ1n) is 11.1. The zero-order valence-corrected chi connectivity index (χ0v) is 21.8. The second-order valence-corrected chi connectivity index (χ2v) is 10.2. The number of hydrogen-bond donors (Lipinski definition) is 0. The minimum absolute atomic E-state index is 0.0798. The van der Waals surface area contributed by atoms with Gasteiger partial charge in [-0.25, -0.2) is 4.79 Å². The van der Waals surface area contributed by atoms with Crippen LogP contribution >= 0.6 is 34.8 Å². The quantitative estimate of drug-likeness (QED) is 0.0848. The minimum atomic E-state index is -2.02. The molecule has 0 aliphatic heterocycles. The van der Waals surface area contributed by atoms with Gasteiger partial charge in [-0.3, -0.25) is 14.5 Å². The number of amides is 1. The minimum Gasteiger partial charge on any atom is -0.347 e. The number of para-hydroxylation sites is 1. The van der Waals surface area contributed by atoms with Crippen LogP contribution in [0, 0.1) is 0 Å². The fourth-order valence-corrected chi connectivity index (χ4v) is 4.21. The van der Waals surface area contributed by atoms with Crippen molar-refractivity contribution in [1.29, 1.82) is 0 Å². The number of alkyl halides is 3. The zero-order valence-electron chi connectivity index (χ0n) is 19.5. The van der Waals surface area contributed by atoms with Gasteiger partial charge in [0.05, 0.1) is 0 Å². The molecule has 36 heavy (non-hydrogen) atoms. The van der Waals surface area contributed by atoms with Gasteiger partial charge in [-0.05, 0) is 37.3 Å². The van der Waals surface area contributed by atoms with Gasteiger partial charge in [0.1, 0.15) is 5.71 Å². The Morgan fingerprint density at radius 2 is 1.58 bits per heavy atom. The molecule has 1 amide bonds. The lowest BCUT2D eigenvalue weighted by molar-refractivity contribution is 0.103. The molecule has 0 radical (unpaired) electrons. The Balaban J connectivity index is 1.76. The van der Waals surface area contributed by atoms with Gasteiger partial charge in [-0.2, -0.15) is 0 Å². The lowest BCUT2D eigenvalue weighted by Gasteiger charge is -2.17. The van der Waals surface area contributed by atoms with Crippen molar-refractivity contribution in [1.82, 2.24) is 4.57 Å². The van der Waals surface area contributed by atoms with Crippen molar-refractivity contribution >= 4 is 69.0 Å². The standard InChI is InChI=1S/C27H22Cl3N3O3/c1-3-33-17-22(21-16-19(14-15-23(21)33)24(34)18-10-6-4-7-11-18)25(27(28,29)30)31-36-26(35)32(2)20-12-8-5-9-13-20/h4-17H,3H2,1-2H3/b31-25-. The summed E-state index contributed by atoms with van der Waals surface area (Å²) in [5, 5.41) is 4.61. The van der Waals surface area contributed by atoms with Crippen molar-refractivity contribution in [3.8, 4) is 0 Å². The van der Waals surface area contributed by atoms with E-state index in [2.05, 4.69) is 5.16 Å². The molecular formula is C27H22Cl3N3O3. The van der Waals surface area contributed by atoms with E-state index in [0.717, 1.165) is 5.52 Å². The van der Waals surface area contributed by atoms with Gasteiger partial charge in [0, 0.05) is 53.1 Å². The number of aromatic nitrogens is 1. The Hall–Kier alpha value is -3.32. The van der Waals surface area contributed by atoms with Crippen LogP contribution in [0.1, 0.15) is 28.4 Å². The van der Waals surface area contributed by atoms with Crippen molar-refractivity contribution in [3.05, 3.63) is 102 Å². The molecule has 4 rings (SSSR count). The van der Waals surface area contributed by atoms with Crippen LogP contribution < -0.4 is 4.90 Å². The third-order valence-corrected chi connectivity index (χ3v) is 6.21. The summed E-state index contributed by atoms with van der Waals surface area (Å²) < 4.78 is -0.0802. The molecule has 0 unspecified atom stereocenters. The van der Waals surface area contributed by atoms with E-state index in [-0.39, 0.29) is 11.5 Å². The fourth-order valence-electron chi connectivity index (χ4n) is 3.80. The van der Waals surface area contributed by atoms with E-state index >= 15 is 0 Å². The van der Waals surface area contributed by atoms with Gasteiger partial charge in [0.2, 0.25) is 3.79 Å². The molecule has 0 saturated carbocycles. The van der Waals surface area contributed by atoms with E-state index < -0.39 is 9.89 Å². The molecule has 0 N–H and O–H groups in total. The summed E-state index contributed by atoms with van der Waals surface area (Å²) in [7, 11) is 1.55. The molecule has 0 aliphatic rings. The monoisotopic (exact) mass is 541 g/mol. The third-order valence-electron chi connectivity index (χ3n) is 5.68. The maximum atomic E-state index is 13.1. The Kier molecular flexibility index (Phi) is 7.69. The normalized spacial score (nSPS) is 12.0. The summed E-state index contributed by atoms with van der Waals surface area (Å²) in [5.74, 6) is -0.143. The van der Waals surface area contributed by atoms with Gasteiger partial charge in [-0.15, -0.1) is 0 Å². The van der Waals surface area contributed by atoms with Crippen molar-refractivity contribution < 1.29 is 14.4 Å². The van der Waals surface area contributed by atoms with E-state index in [9.17, 15) is 9.59 Å². The lowest BCUT2D eigenvalue weighted by atomic mass is 10.00. The van der Waals surface area contributed by atoms with Crippen LogP contribution in [0.25, 0.3) is 10.9 Å². The number of hydrogen-bond acceptors (Lipinski definition) is 4. The molecule has 0 saturated heterocycles. The van der Waals surface area contributed by atoms with Crippen LogP contribution in [0.4, 0.5) is 10.5 Å². The Labute approximate surface area is 223 Å². The average Bonchev–Trinajstić information content (AvgIpc) is 3.25. The molecule has 3 aromatic carbocycles. The van der Waals surface area contributed by atoms with Gasteiger partial charge >= 0.3 is 6.09 Å². The number of rotatable bonds is 6. The number of nitrogens with zero attached hydrogens (tertiary/aromatic N) is 3. The van der Waals surface area contributed by atoms with E-state index in [4.69, 9.17) is 39.6 Å². The Morgan fingerprint density at radius 1 is 0.944 bits per heavy atom. The molecule has 184 valence electrons. The van der Waals surface area contributed by atoms with Gasteiger partial charge in [0.15, 0.2) is 5.78 Å². The van der Waals surface area contributed by atoms with Gasteiger partial charge in [0.25, 0.3) is 0 Å². The van der Waals surface area contributed by atoms with Gasteiger partial charge in [-0.1, -0.05) is 88.5 Å². The highest BCUT2D eigenvalue weighted by Crippen LogP contribution is 2.35. The highest BCUT2D eigenvalue weighted by atomic mass is 35.6. The summed E-state index contributed by atoms with van der Waals surface area (Å²) in [5.41, 5.74) is 2.80. The molecule has 6 nitrogen and oxygen atoms in total. The van der Waals surface area contributed by atoms with Crippen molar-refractivity contribution in [2.24, 2.45) is 5.16 Å². The molecule has 1 heterocycles. The van der Waals surface area contributed by atoms with Crippen LogP contribution in [-0.4, -0.2) is 33.0 Å². The largest absolute Gasteiger partial charge is 0.440 e. The number of aryl methyl sites for hydroxylation is 1. The Bertz CT molecular complexity index is 1430. The number of fused-ring (bicyclic) bond motifs is 1. The second-order valence-electron chi connectivity index (χ2n) is 7.95. The maximum Gasteiger partial charge on any atom is 0.440 e. The van der Waals surface area contributed by atoms with Crippen molar-refractivity contribution in [2.45, 2.75) is 17.3 Å². The maximum absolute atomic E-state index is 13.1. The molecule has 4 aromatic rings. The molecule has 0 bridgehead atoms. The Morgan fingerprint density at radius 3 is 2.19 bits per heavy atom. The lowest BCUT2D eigenvalue weighted by Crippen LogP contribution is -2.27. The van der Waals surface area contributed by atoms with Crippen LogP contribution in [0.2, 0.25) is 0 Å². The third kappa shape index (κ3) is 5.41. The first-order chi connectivity index (χ1) is 17.2. The summed E-state index contributed by atoms with van der Waals surface area (Å²) in [6.07, 6.45) is 1.00. The van der Waals surface area contributed by atoms with Crippen LogP contribution in [0.15, 0.2) is 90.2 Å². The van der Waals surface area contributed by atoms with Crippen molar-refractivity contribution in [2.75, 3.05) is 11.9 Å². The van der Waals surface area contributed by atoms with Crippen LogP contribution in [0.5, 0.6) is 0 Å². The summed E-state index contributed by atoms with van der Waals surface area (Å²) in [6, 6.07) is 23.2. The fraction of sp³-hybridized carbons (Fsp3) is 0.148. The number of benzene rings is 3. The number of halogens is 3. The SMILES string of the molecule is CCn1cc(/C(=N/OC(=O)N(C)c2ccccc2)C(Cl)(Cl)Cl)c2cc(C(=O)c3ccccc3)ccc21. The van der Waals surface area contributed by atoms with E-state index in [1.807, 2.05) is 29.7 Å². The van der Waals surface area contributed by atoms with Gasteiger partial charge < -0.3 is 4.57 Å². The number of carbonyl (C=O) groups is 2. The average molecular weight is 543 g/mol. The predicted octanol–water partition coefficient (Wildman–Crippen LogP) is 7.24. The number of carbonyl (C=O) groups excluding carboxylic acids is 2. The smallest absolute Gasteiger partial charge is 0.347 e. The predicted molar refractivity (Wildman–Crippen MR) is 146 cm³/mol. The molecule has 0 spiro atoms. The van der Waals surface area contributed by atoms with Crippen molar-refractivity contribution in [3.63, 3.8) is 0 Å². The molecule has 0 aliphatic carbocycles. The second kappa shape index (κ2) is 10.7. The zero-order chi connectivity index (χ0) is 25.9. The summed E-state index contributed by atoms with van der Waals surface area (Å²) in [4.78, 5) is 32.2. The van der Waals surface area contributed by atoms with E-state index in [1.165, 1.54) is 4.90 Å². The number of oxime groups is 1. The highest BCUT2D eigenvalue weighted by molar-refractivity contribution is 6.78. The number of ketones is 1. The topological polar surface area (TPSA) is 63.9 Å². The molecular weight excluding hydrogens is 521 g/mol. The summed E-state index contributed by atoms with van der Waals surface area (Å²) in [6.45, 7) is 2.58. The van der Waals surface area contributed by atoms with Crippen LogP contribution in [-0.2, 0) is 11.4 Å². The molecule has 0 atom stereocenters. The summed E-state index contributed by atoms with van der Waals surface area (Å²) >= 11 is 18.9. The molecule has 0 fully saturated rings.